The van der Waals surface area contributed by atoms with E-state index in [0.29, 0.717) is 17.5 Å². The lowest BCUT2D eigenvalue weighted by atomic mass is 10.1. The van der Waals surface area contributed by atoms with Gasteiger partial charge in [0.25, 0.3) is 0 Å². The van der Waals surface area contributed by atoms with Crippen LogP contribution in [0, 0.1) is 0 Å². The normalized spacial score (nSPS) is 13.8. The van der Waals surface area contributed by atoms with E-state index in [2.05, 4.69) is 30.8 Å². The molecule has 0 aliphatic carbocycles. The number of nitrogens with one attached hydrogen (secondary N) is 2. The van der Waals surface area contributed by atoms with Gasteiger partial charge in [-0.3, -0.25) is 0 Å². The summed E-state index contributed by atoms with van der Waals surface area (Å²) in [4.78, 5) is 1.43. The summed E-state index contributed by atoms with van der Waals surface area (Å²) in [6.45, 7) is 8.93. The van der Waals surface area contributed by atoms with E-state index in [1.807, 2.05) is 6.92 Å². The van der Waals surface area contributed by atoms with Crippen LogP contribution in [-0.4, -0.2) is 20.5 Å². The molecule has 1 aromatic rings. The van der Waals surface area contributed by atoms with Crippen molar-refractivity contribution in [2.75, 3.05) is 0 Å². The number of rotatable bonds is 9. The lowest BCUT2D eigenvalue weighted by Gasteiger charge is -2.15. The summed E-state index contributed by atoms with van der Waals surface area (Å²) in [6, 6.07) is 2.19. The number of hydrogen-bond acceptors (Lipinski definition) is 4. The lowest BCUT2D eigenvalue weighted by Crippen LogP contribution is -2.34. The Morgan fingerprint density at radius 1 is 1.30 bits per heavy atom. The summed E-state index contributed by atoms with van der Waals surface area (Å²) in [6.07, 6.45) is 2.68. The fraction of sp³-hybridized carbons (Fsp3) is 0.714. The third-order valence-corrected chi connectivity index (χ3v) is 5.66. The average Bonchev–Trinajstić information content (AvgIpc) is 2.85. The molecule has 1 rings (SSSR count). The minimum atomic E-state index is -3.38. The Balaban J connectivity index is 2.72. The van der Waals surface area contributed by atoms with E-state index in [1.54, 1.807) is 11.4 Å². The molecule has 0 saturated carbocycles. The van der Waals surface area contributed by atoms with Gasteiger partial charge in [0, 0.05) is 28.9 Å². The van der Waals surface area contributed by atoms with Gasteiger partial charge in [-0.1, -0.05) is 34.1 Å². The molecule has 0 fully saturated rings. The Bertz CT molecular complexity index is 495. The van der Waals surface area contributed by atoms with Crippen LogP contribution in [0.15, 0.2) is 16.3 Å². The molecule has 20 heavy (non-hydrogen) atoms. The summed E-state index contributed by atoms with van der Waals surface area (Å²) in [5.74, 6) is 0. The minimum Gasteiger partial charge on any atom is -0.310 e. The van der Waals surface area contributed by atoms with Gasteiger partial charge in [-0.25, -0.2) is 13.1 Å². The van der Waals surface area contributed by atoms with Crippen molar-refractivity contribution < 1.29 is 8.42 Å². The van der Waals surface area contributed by atoms with Crippen LogP contribution in [0.2, 0.25) is 0 Å². The largest absolute Gasteiger partial charge is 0.310 e. The molecule has 1 aromatic heterocycles. The van der Waals surface area contributed by atoms with Crippen molar-refractivity contribution in [3.63, 3.8) is 0 Å². The molecule has 0 saturated heterocycles. The van der Waals surface area contributed by atoms with Gasteiger partial charge >= 0.3 is 0 Å². The second-order valence-electron chi connectivity index (χ2n) is 5.30. The first-order valence-electron chi connectivity index (χ1n) is 7.22. The van der Waals surface area contributed by atoms with Gasteiger partial charge < -0.3 is 5.32 Å². The van der Waals surface area contributed by atoms with E-state index in [9.17, 15) is 8.42 Å². The second kappa shape index (κ2) is 8.12. The van der Waals surface area contributed by atoms with Gasteiger partial charge in [0.05, 0.1) is 4.90 Å². The van der Waals surface area contributed by atoms with Gasteiger partial charge in [-0.2, -0.15) is 0 Å². The summed E-state index contributed by atoms with van der Waals surface area (Å²) in [7, 11) is -3.38. The van der Waals surface area contributed by atoms with E-state index in [1.165, 1.54) is 11.3 Å². The zero-order valence-corrected chi connectivity index (χ0v) is 14.4. The zero-order valence-electron chi connectivity index (χ0n) is 12.8. The molecular formula is C14H26N2O2S2. The van der Waals surface area contributed by atoms with Crippen molar-refractivity contribution in [1.29, 1.82) is 0 Å². The molecule has 1 heterocycles. The van der Waals surface area contributed by atoms with Crippen molar-refractivity contribution in [3.8, 4) is 0 Å². The van der Waals surface area contributed by atoms with Crippen LogP contribution < -0.4 is 10.0 Å². The molecule has 2 N–H and O–H groups in total. The van der Waals surface area contributed by atoms with E-state index in [0.717, 1.165) is 24.1 Å². The van der Waals surface area contributed by atoms with Crippen LogP contribution in [0.5, 0.6) is 0 Å². The molecule has 0 aliphatic heterocycles. The summed E-state index contributed by atoms with van der Waals surface area (Å²) in [5, 5.41) is 5.01. The van der Waals surface area contributed by atoms with Crippen LogP contribution in [-0.2, 0) is 16.6 Å². The first-order chi connectivity index (χ1) is 9.39. The topological polar surface area (TPSA) is 58.2 Å². The highest BCUT2D eigenvalue weighted by atomic mass is 32.2. The highest BCUT2D eigenvalue weighted by molar-refractivity contribution is 7.89. The van der Waals surface area contributed by atoms with Crippen molar-refractivity contribution in [1.82, 2.24) is 10.0 Å². The van der Waals surface area contributed by atoms with Crippen molar-refractivity contribution in [2.45, 2.75) is 70.5 Å². The molecule has 6 heteroatoms. The van der Waals surface area contributed by atoms with Crippen LogP contribution in [0.3, 0.4) is 0 Å². The summed E-state index contributed by atoms with van der Waals surface area (Å²) in [5.41, 5.74) is 0. The predicted octanol–water partition coefficient (Wildman–Crippen LogP) is 3.10. The van der Waals surface area contributed by atoms with Crippen LogP contribution >= 0.6 is 11.3 Å². The Morgan fingerprint density at radius 3 is 2.55 bits per heavy atom. The maximum absolute atomic E-state index is 12.3. The second-order valence-corrected chi connectivity index (χ2v) is 8.01. The minimum absolute atomic E-state index is 0.0298. The molecule has 0 bridgehead atoms. The fourth-order valence-electron chi connectivity index (χ4n) is 1.88. The van der Waals surface area contributed by atoms with E-state index >= 15 is 0 Å². The van der Waals surface area contributed by atoms with Gasteiger partial charge in [-0.05, 0) is 18.9 Å². The highest BCUT2D eigenvalue weighted by Crippen LogP contribution is 2.20. The molecule has 0 spiro atoms. The molecule has 0 amide bonds. The quantitative estimate of drug-likeness (QED) is 0.735. The highest BCUT2D eigenvalue weighted by Gasteiger charge is 2.20. The molecule has 0 aromatic carbocycles. The first kappa shape index (κ1) is 17.6. The standard InChI is InChI=1S/C14H26N2O2S2/c1-5-7-12(6-2)16-20(17,18)14-8-13(19-10-14)9-15-11(3)4/h8,10-12,15-16H,5-7,9H2,1-4H3. The average molecular weight is 319 g/mol. The van der Waals surface area contributed by atoms with Crippen LogP contribution in [0.1, 0.15) is 51.8 Å². The molecule has 0 aliphatic rings. The van der Waals surface area contributed by atoms with Gasteiger partial charge in [0.15, 0.2) is 0 Å². The monoisotopic (exact) mass is 318 g/mol. The Hall–Kier alpha value is -0.430. The molecule has 1 atom stereocenters. The zero-order chi connectivity index (χ0) is 15.2. The van der Waals surface area contributed by atoms with Crippen LogP contribution in [0.4, 0.5) is 0 Å². The third kappa shape index (κ3) is 5.52. The molecule has 116 valence electrons. The van der Waals surface area contributed by atoms with Crippen LogP contribution in [0.25, 0.3) is 0 Å². The number of thiophene rings is 1. The van der Waals surface area contributed by atoms with Gasteiger partial charge in [-0.15, -0.1) is 11.3 Å². The lowest BCUT2D eigenvalue weighted by molar-refractivity contribution is 0.512. The van der Waals surface area contributed by atoms with Crippen molar-refractivity contribution in [3.05, 3.63) is 16.3 Å². The van der Waals surface area contributed by atoms with Crippen molar-refractivity contribution >= 4 is 21.4 Å². The summed E-state index contributed by atoms with van der Waals surface area (Å²) >= 11 is 1.48. The van der Waals surface area contributed by atoms with Gasteiger partial charge in [0.1, 0.15) is 0 Å². The van der Waals surface area contributed by atoms with Gasteiger partial charge in [0.2, 0.25) is 10.0 Å². The Morgan fingerprint density at radius 2 is 2.00 bits per heavy atom. The molecule has 0 radical (unpaired) electrons. The van der Waals surface area contributed by atoms with Crippen molar-refractivity contribution in [2.24, 2.45) is 0 Å². The Kier molecular flexibility index (Phi) is 7.15. The van der Waals surface area contributed by atoms with E-state index in [4.69, 9.17) is 0 Å². The first-order valence-corrected chi connectivity index (χ1v) is 9.58. The fourth-order valence-corrected chi connectivity index (χ4v) is 4.46. The number of hydrogen-bond donors (Lipinski definition) is 2. The summed E-state index contributed by atoms with van der Waals surface area (Å²) < 4.78 is 27.4. The smallest absolute Gasteiger partial charge is 0.241 e. The maximum atomic E-state index is 12.3. The third-order valence-electron chi connectivity index (χ3n) is 3.08. The Labute approximate surface area is 127 Å². The maximum Gasteiger partial charge on any atom is 0.241 e. The SMILES string of the molecule is CCCC(CC)NS(=O)(=O)c1csc(CNC(C)C)c1. The van der Waals surface area contributed by atoms with E-state index in [-0.39, 0.29) is 6.04 Å². The number of sulfonamides is 1. The molecule has 1 unspecified atom stereocenters. The predicted molar refractivity (Wildman–Crippen MR) is 85.6 cm³/mol. The molecule has 4 nitrogen and oxygen atoms in total. The van der Waals surface area contributed by atoms with E-state index < -0.39 is 10.0 Å². The molecular weight excluding hydrogens is 292 g/mol.